The second-order valence-electron chi connectivity index (χ2n) is 4.68. The zero-order valence-electron chi connectivity index (χ0n) is 9.43. The van der Waals surface area contributed by atoms with Crippen LogP contribution < -0.4 is 10.6 Å². The number of alkyl halides is 1. The maximum Gasteiger partial charge on any atom is 0.235 e. The summed E-state index contributed by atoms with van der Waals surface area (Å²) in [6.45, 7) is 2.70. The second-order valence-corrected chi connectivity index (χ2v) is 4.95. The van der Waals surface area contributed by atoms with E-state index in [9.17, 15) is 4.79 Å². The van der Waals surface area contributed by atoms with Crippen LogP contribution in [0.4, 0.5) is 0 Å². The van der Waals surface area contributed by atoms with E-state index in [4.69, 9.17) is 16.3 Å². The molecule has 2 rings (SSSR count). The Hall–Kier alpha value is -0.320. The number of carbonyl (C=O) groups excluding carboxylic acids is 1. The average Bonchev–Trinajstić information content (AvgIpc) is 2.33. The Labute approximate surface area is 101 Å². The monoisotopic (exact) mass is 246 g/mol. The van der Waals surface area contributed by atoms with Crippen molar-refractivity contribution in [1.29, 1.82) is 0 Å². The highest BCUT2D eigenvalue weighted by Gasteiger charge is 2.37. The molecule has 1 saturated heterocycles. The van der Waals surface area contributed by atoms with Gasteiger partial charge in [0, 0.05) is 19.1 Å². The van der Waals surface area contributed by atoms with Gasteiger partial charge in [0.25, 0.3) is 0 Å². The van der Waals surface area contributed by atoms with Crippen LogP contribution in [0, 0.1) is 0 Å². The number of amides is 1. The van der Waals surface area contributed by atoms with Gasteiger partial charge in [-0.15, -0.1) is 11.6 Å². The number of hydrogen-bond donors (Lipinski definition) is 2. The van der Waals surface area contributed by atoms with Crippen molar-refractivity contribution in [1.82, 2.24) is 10.6 Å². The third-order valence-electron chi connectivity index (χ3n) is 3.52. The van der Waals surface area contributed by atoms with Gasteiger partial charge in [0.1, 0.15) is 5.88 Å². The van der Waals surface area contributed by atoms with Gasteiger partial charge >= 0.3 is 0 Å². The van der Waals surface area contributed by atoms with Crippen LogP contribution in [0.25, 0.3) is 0 Å². The summed E-state index contributed by atoms with van der Waals surface area (Å²) in [7, 11) is 0. The Morgan fingerprint density at radius 2 is 2.25 bits per heavy atom. The van der Waals surface area contributed by atoms with Gasteiger partial charge in [-0.1, -0.05) is 0 Å². The van der Waals surface area contributed by atoms with E-state index < -0.39 is 0 Å². The third kappa shape index (κ3) is 2.87. The molecule has 2 aliphatic rings. The highest BCUT2D eigenvalue weighted by atomic mass is 35.5. The molecule has 4 nitrogen and oxygen atoms in total. The van der Waals surface area contributed by atoms with Crippen molar-refractivity contribution in [3.05, 3.63) is 0 Å². The summed E-state index contributed by atoms with van der Waals surface area (Å²) in [5, 5.41) is 6.32. The first-order chi connectivity index (χ1) is 7.74. The number of hydrogen-bond acceptors (Lipinski definition) is 3. The molecule has 1 amide bonds. The highest BCUT2D eigenvalue weighted by molar-refractivity contribution is 6.27. The minimum absolute atomic E-state index is 0.0282. The second kappa shape index (κ2) is 5.34. The van der Waals surface area contributed by atoms with Crippen LogP contribution >= 0.6 is 11.6 Å². The van der Waals surface area contributed by atoms with Gasteiger partial charge in [0.15, 0.2) is 0 Å². The van der Waals surface area contributed by atoms with E-state index in [2.05, 4.69) is 10.6 Å². The molecular formula is C11H19ClN2O2. The lowest BCUT2D eigenvalue weighted by molar-refractivity contribution is -0.121. The standard InChI is InChI=1S/C11H19ClN2O2/c12-7-10(15)14-9-1-3-11(4-2-9)8-13-5-6-16-11/h9,13H,1-8H2,(H,14,15). The van der Waals surface area contributed by atoms with Crippen molar-refractivity contribution >= 4 is 17.5 Å². The fourth-order valence-corrected chi connectivity index (χ4v) is 2.66. The molecule has 1 aliphatic carbocycles. The van der Waals surface area contributed by atoms with Gasteiger partial charge in [0.2, 0.25) is 5.91 Å². The SMILES string of the molecule is O=C(CCl)NC1CCC2(CC1)CNCCO2. The molecule has 92 valence electrons. The molecular weight excluding hydrogens is 228 g/mol. The Morgan fingerprint density at radius 1 is 1.50 bits per heavy atom. The van der Waals surface area contributed by atoms with E-state index in [0.29, 0.717) is 0 Å². The fourth-order valence-electron chi connectivity index (χ4n) is 2.58. The van der Waals surface area contributed by atoms with E-state index in [-0.39, 0.29) is 23.4 Å². The first kappa shape index (κ1) is 12.1. The molecule has 5 heteroatoms. The number of carbonyl (C=O) groups is 1. The molecule has 0 aromatic carbocycles. The molecule has 0 bridgehead atoms. The summed E-state index contributed by atoms with van der Waals surface area (Å²) < 4.78 is 5.88. The lowest BCUT2D eigenvalue weighted by atomic mass is 9.81. The third-order valence-corrected chi connectivity index (χ3v) is 3.76. The van der Waals surface area contributed by atoms with Crippen LogP contribution in [-0.2, 0) is 9.53 Å². The maximum atomic E-state index is 11.2. The molecule has 2 fully saturated rings. The van der Waals surface area contributed by atoms with Crippen LogP contribution in [0.1, 0.15) is 25.7 Å². The Balaban J connectivity index is 1.79. The van der Waals surface area contributed by atoms with Crippen LogP contribution in [-0.4, -0.2) is 43.1 Å². The number of nitrogens with one attached hydrogen (secondary N) is 2. The van der Waals surface area contributed by atoms with Crippen molar-refractivity contribution < 1.29 is 9.53 Å². The van der Waals surface area contributed by atoms with Gasteiger partial charge in [-0.25, -0.2) is 0 Å². The van der Waals surface area contributed by atoms with Crippen molar-refractivity contribution in [3.63, 3.8) is 0 Å². The van der Waals surface area contributed by atoms with E-state index in [1.54, 1.807) is 0 Å². The number of halogens is 1. The average molecular weight is 247 g/mol. The summed E-state index contributed by atoms with van der Waals surface area (Å²) in [4.78, 5) is 11.2. The molecule has 0 radical (unpaired) electrons. The first-order valence-corrected chi connectivity index (χ1v) is 6.48. The maximum absolute atomic E-state index is 11.2. The van der Waals surface area contributed by atoms with Crippen LogP contribution in [0.15, 0.2) is 0 Å². The zero-order chi connectivity index (χ0) is 11.4. The smallest absolute Gasteiger partial charge is 0.235 e. The summed E-state index contributed by atoms with van der Waals surface area (Å²) >= 11 is 5.47. The van der Waals surface area contributed by atoms with E-state index in [1.165, 1.54) is 0 Å². The molecule has 16 heavy (non-hydrogen) atoms. The number of rotatable bonds is 2. The summed E-state index contributed by atoms with van der Waals surface area (Å²) in [5.41, 5.74) is 0.0282. The molecule has 0 aromatic rings. The van der Waals surface area contributed by atoms with Crippen molar-refractivity contribution in [2.75, 3.05) is 25.6 Å². The van der Waals surface area contributed by atoms with E-state index >= 15 is 0 Å². The quantitative estimate of drug-likeness (QED) is 0.704. The van der Waals surface area contributed by atoms with Crippen LogP contribution in [0.3, 0.4) is 0 Å². The molecule has 1 saturated carbocycles. The molecule has 0 unspecified atom stereocenters. The van der Waals surface area contributed by atoms with Crippen molar-refractivity contribution in [2.45, 2.75) is 37.3 Å². The summed E-state index contributed by atoms with van der Waals surface area (Å²) in [6, 6.07) is 0.280. The van der Waals surface area contributed by atoms with Gasteiger partial charge < -0.3 is 15.4 Å². The fraction of sp³-hybridized carbons (Fsp3) is 0.909. The van der Waals surface area contributed by atoms with Crippen molar-refractivity contribution in [3.8, 4) is 0 Å². The Kier molecular flexibility index (Phi) is 4.05. The van der Waals surface area contributed by atoms with Gasteiger partial charge in [-0.2, -0.15) is 0 Å². The summed E-state index contributed by atoms with van der Waals surface area (Å²) in [5.74, 6) is -0.00928. The normalized spacial score (nSPS) is 34.9. The van der Waals surface area contributed by atoms with Gasteiger partial charge in [-0.05, 0) is 25.7 Å². The molecule has 2 N–H and O–H groups in total. The highest BCUT2D eigenvalue weighted by Crippen LogP contribution is 2.32. The van der Waals surface area contributed by atoms with Gasteiger partial charge in [0.05, 0.1) is 12.2 Å². The Bertz CT molecular complexity index is 244. The first-order valence-electron chi connectivity index (χ1n) is 5.94. The minimum Gasteiger partial charge on any atom is -0.372 e. The minimum atomic E-state index is -0.0645. The van der Waals surface area contributed by atoms with Crippen LogP contribution in [0.5, 0.6) is 0 Å². The Morgan fingerprint density at radius 3 is 2.81 bits per heavy atom. The van der Waals surface area contributed by atoms with E-state index in [0.717, 1.165) is 45.4 Å². The molecule has 0 aromatic heterocycles. The predicted octanol–water partition coefficient (Wildman–Crippen LogP) is 0.643. The number of ether oxygens (including phenoxy) is 1. The van der Waals surface area contributed by atoms with E-state index in [1.807, 2.05) is 0 Å². The topological polar surface area (TPSA) is 50.4 Å². The molecule has 1 spiro atoms. The lowest BCUT2D eigenvalue weighted by Crippen LogP contribution is -2.53. The van der Waals surface area contributed by atoms with Crippen molar-refractivity contribution in [2.24, 2.45) is 0 Å². The number of morpholine rings is 1. The van der Waals surface area contributed by atoms with Gasteiger partial charge in [-0.3, -0.25) is 4.79 Å². The molecule has 0 atom stereocenters. The summed E-state index contributed by atoms with van der Waals surface area (Å²) in [6.07, 6.45) is 4.02. The zero-order valence-corrected chi connectivity index (χ0v) is 10.2. The predicted molar refractivity (Wildman–Crippen MR) is 62.7 cm³/mol. The van der Waals surface area contributed by atoms with Crippen LogP contribution in [0.2, 0.25) is 0 Å². The molecule has 1 aliphatic heterocycles. The lowest BCUT2D eigenvalue weighted by Gasteiger charge is -2.42. The molecule has 1 heterocycles. The largest absolute Gasteiger partial charge is 0.372 e.